The molecule has 4 rings (SSSR count). The van der Waals surface area contributed by atoms with Crippen LogP contribution in [0.25, 0.3) is 11.4 Å². The molecule has 2 aromatic carbocycles. The van der Waals surface area contributed by atoms with Crippen molar-refractivity contribution in [3.63, 3.8) is 0 Å². The van der Waals surface area contributed by atoms with E-state index in [-0.39, 0.29) is 17.9 Å². The lowest BCUT2D eigenvalue weighted by molar-refractivity contribution is 0.243. The number of anilines is 2. The summed E-state index contributed by atoms with van der Waals surface area (Å²) in [5, 5.41) is 10.1. The van der Waals surface area contributed by atoms with Crippen molar-refractivity contribution in [2.24, 2.45) is 0 Å². The molecule has 7 nitrogen and oxygen atoms in total. The van der Waals surface area contributed by atoms with E-state index in [1.165, 1.54) is 6.07 Å². The molecule has 1 aliphatic rings. The second-order valence-electron chi connectivity index (χ2n) is 7.07. The van der Waals surface area contributed by atoms with Gasteiger partial charge in [0.1, 0.15) is 11.9 Å². The van der Waals surface area contributed by atoms with Crippen molar-refractivity contribution in [3.05, 3.63) is 59.7 Å². The summed E-state index contributed by atoms with van der Waals surface area (Å²) in [6, 6.07) is 12.1. The largest absolute Gasteiger partial charge is 0.374 e. The molecule has 8 heteroatoms. The Morgan fingerprint density at radius 2 is 2.14 bits per heavy atom. The molecule has 0 radical (unpaired) electrons. The number of hydrogen-bond acceptors (Lipinski definition) is 5. The number of amides is 2. The second kappa shape index (κ2) is 7.90. The van der Waals surface area contributed by atoms with Crippen LogP contribution in [0.2, 0.25) is 0 Å². The Bertz CT molecular complexity index is 1040. The van der Waals surface area contributed by atoms with Crippen LogP contribution in [0, 0.1) is 12.7 Å². The predicted octanol–water partition coefficient (Wildman–Crippen LogP) is 4.28. The van der Waals surface area contributed by atoms with Gasteiger partial charge >= 0.3 is 6.03 Å². The molecule has 1 aromatic heterocycles. The van der Waals surface area contributed by atoms with E-state index >= 15 is 0 Å². The molecule has 0 spiro atoms. The van der Waals surface area contributed by atoms with Gasteiger partial charge in [0, 0.05) is 30.0 Å². The molecule has 1 aliphatic heterocycles. The van der Waals surface area contributed by atoms with E-state index in [0.717, 1.165) is 17.8 Å². The molecule has 2 heterocycles. The van der Waals surface area contributed by atoms with Gasteiger partial charge in [-0.3, -0.25) is 4.90 Å². The summed E-state index contributed by atoms with van der Waals surface area (Å²) in [7, 11) is 0. The van der Waals surface area contributed by atoms with Crippen molar-refractivity contribution >= 4 is 17.4 Å². The van der Waals surface area contributed by atoms with Crippen LogP contribution in [0.1, 0.15) is 30.8 Å². The molecule has 1 saturated heterocycles. The molecular formula is C21H22FN5O2. The lowest BCUT2D eigenvalue weighted by Gasteiger charge is -2.28. The monoisotopic (exact) mass is 395 g/mol. The van der Waals surface area contributed by atoms with Gasteiger partial charge in [-0.2, -0.15) is 4.98 Å². The molecule has 1 atom stereocenters. The Labute approximate surface area is 167 Å². The number of benzene rings is 2. The predicted molar refractivity (Wildman–Crippen MR) is 108 cm³/mol. The Kier molecular flexibility index (Phi) is 5.16. The van der Waals surface area contributed by atoms with Crippen LogP contribution in [-0.2, 0) is 0 Å². The molecule has 29 heavy (non-hydrogen) atoms. The maximum Gasteiger partial charge on any atom is 0.321 e. The highest BCUT2D eigenvalue weighted by Crippen LogP contribution is 2.26. The highest BCUT2D eigenvalue weighted by atomic mass is 19.1. The molecule has 0 saturated carbocycles. The second-order valence-corrected chi connectivity index (χ2v) is 7.07. The fourth-order valence-electron chi connectivity index (χ4n) is 3.21. The van der Waals surface area contributed by atoms with Gasteiger partial charge in [0.15, 0.2) is 0 Å². The first kappa shape index (κ1) is 18.9. The fraction of sp³-hybridized carbons (Fsp3) is 0.286. The fourth-order valence-corrected chi connectivity index (χ4v) is 3.21. The molecule has 150 valence electrons. The molecule has 1 fully saturated rings. The first-order valence-corrected chi connectivity index (χ1v) is 9.53. The molecule has 2 N–H and O–H groups in total. The molecule has 0 aliphatic carbocycles. The van der Waals surface area contributed by atoms with Gasteiger partial charge in [-0.15, -0.1) is 0 Å². The van der Waals surface area contributed by atoms with Gasteiger partial charge < -0.3 is 15.2 Å². The average molecular weight is 395 g/mol. The number of nitrogens with zero attached hydrogens (tertiary/aromatic N) is 3. The number of rotatable bonds is 5. The van der Waals surface area contributed by atoms with Gasteiger partial charge in [0.25, 0.3) is 0 Å². The number of nitrogens with one attached hydrogen (secondary N) is 2. The maximum atomic E-state index is 13.8. The number of carbonyl (C=O) groups is 1. The normalized spacial score (nSPS) is 15.1. The van der Waals surface area contributed by atoms with Crippen molar-refractivity contribution in [3.8, 4) is 11.4 Å². The SMILES string of the molecule is Cc1ccc(-c2noc([C@@H](C)Nc3cccc(N4CCCNC4=O)c3)n2)cc1F. The number of urea groups is 1. The van der Waals surface area contributed by atoms with Crippen molar-refractivity contribution in [1.29, 1.82) is 0 Å². The average Bonchev–Trinajstić information content (AvgIpc) is 3.21. The first-order valence-electron chi connectivity index (χ1n) is 9.53. The van der Waals surface area contributed by atoms with Crippen LogP contribution in [0.15, 0.2) is 47.0 Å². The van der Waals surface area contributed by atoms with Crippen molar-refractivity contribution < 1.29 is 13.7 Å². The third-order valence-electron chi connectivity index (χ3n) is 4.86. The zero-order valence-electron chi connectivity index (χ0n) is 16.3. The summed E-state index contributed by atoms with van der Waals surface area (Å²) in [5.74, 6) is 0.423. The Hall–Kier alpha value is -3.42. The summed E-state index contributed by atoms with van der Waals surface area (Å²) < 4.78 is 19.2. The van der Waals surface area contributed by atoms with E-state index in [4.69, 9.17) is 4.52 Å². The minimum Gasteiger partial charge on any atom is -0.374 e. The highest BCUT2D eigenvalue weighted by molar-refractivity contribution is 5.93. The number of aromatic nitrogens is 2. The lowest BCUT2D eigenvalue weighted by Crippen LogP contribution is -2.46. The molecule has 3 aromatic rings. The minimum absolute atomic E-state index is 0.0895. The maximum absolute atomic E-state index is 13.8. The van der Waals surface area contributed by atoms with E-state index < -0.39 is 0 Å². The van der Waals surface area contributed by atoms with Crippen LogP contribution in [0.3, 0.4) is 0 Å². The van der Waals surface area contributed by atoms with Crippen LogP contribution >= 0.6 is 0 Å². The first-order chi connectivity index (χ1) is 14.0. The van der Waals surface area contributed by atoms with Gasteiger partial charge in [0.05, 0.1) is 0 Å². The summed E-state index contributed by atoms with van der Waals surface area (Å²) in [4.78, 5) is 18.2. The number of hydrogen-bond donors (Lipinski definition) is 2. The highest BCUT2D eigenvalue weighted by Gasteiger charge is 2.20. The van der Waals surface area contributed by atoms with Gasteiger partial charge in [-0.25, -0.2) is 9.18 Å². The molecule has 0 bridgehead atoms. The van der Waals surface area contributed by atoms with Gasteiger partial charge in [0.2, 0.25) is 11.7 Å². The zero-order chi connectivity index (χ0) is 20.4. The third-order valence-corrected chi connectivity index (χ3v) is 4.86. The third kappa shape index (κ3) is 4.06. The van der Waals surface area contributed by atoms with E-state index in [1.54, 1.807) is 24.0 Å². The van der Waals surface area contributed by atoms with Gasteiger partial charge in [-0.05, 0) is 50.1 Å². The van der Waals surface area contributed by atoms with Crippen LogP contribution < -0.4 is 15.5 Å². The van der Waals surface area contributed by atoms with E-state index in [1.807, 2.05) is 31.2 Å². The van der Waals surface area contributed by atoms with E-state index in [2.05, 4.69) is 20.8 Å². The number of halogens is 1. The summed E-state index contributed by atoms with van der Waals surface area (Å²) in [5.41, 5.74) is 2.78. The summed E-state index contributed by atoms with van der Waals surface area (Å²) in [6.07, 6.45) is 0.907. The van der Waals surface area contributed by atoms with Gasteiger partial charge in [-0.1, -0.05) is 23.4 Å². The lowest BCUT2D eigenvalue weighted by atomic mass is 10.1. The van der Waals surface area contributed by atoms with Crippen molar-refractivity contribution in [2.75, 3.05) is 23.3 Å². The van der Waals surface area contributed by atoms with E-state index in [9.17, 15) is 9.18 Å². The Balaban J connectivity index is 1.49. The molecular weight excluding hydrogens is 373 g/mol. The topological polar surface area (TPSA) is 83.3 Å². The molecule has 2 amide bonds. The Morgan fingerprint density at radius 1 is 1.28 bits per heavy atom. The van der Waals surface area contributed by atoms with Crippen LogP contribution in [0.4, 0.5) is 20.6 Å². The number of carbonyl (C=O) groups excluding carboxylic acids is 1. The Morgan fingerprint density at radius 3 is 2.93 bits per heavy atom. The standard InChI is InChI=1S/C21H22FN5O2/c1-13-7-8-15(11-18(13)22)19-25-20(29-26-19)14(2)24-16-5-3-6-17(12-16)27-10-4-9-23-21(27)28/h3,5-8,11-12,14,24H,4,9-10H2,1-2H3,(H,23,28)/t14-/m1/s1. The smallest absolute Gasteiger partial charge is 0.321 e. The van der Waals surface area contributed by atoms with Crippen molar-refractivity contribution in [1.82, 2.24) is 15.5 Å². The minimum atomic E-state index is -0.307. The molecule has 0 unspecified atom stereocenters. The summed E-state index contributed by atoms with van der Waals surface area (Å²) >= 11 is 0. The van der Waals surface area contributed by atoms with E-state index in [0.29, 0.717) is 35.9 Å². The van der Waals surface area contributed by atoms with Crippen LogP contribution in [0.5, 0.6) is 0 Å². The quantitative estimate of drug-likeness (QED) is 0.674. The number of aryl methyl sites for hydroxylation is 1. The summed E-state index contributed by atoms with van der Waals surface area (Å²) in [6.45, 7) is 4.99. The zero-order valence-corrected chi connectivity index (χ0v) is 16.3. The van der Waals surface area contributed by atoms with Crippen LogP contribution in [-0.4, -0.2) is 29.3 Å². The van der Waals surface area contributed by atoms with Crippen molar-refractivity contribution in [2.45, 2.75) is 26.3 Å².